The Morgan fingerprint density at radius 3 is 2.87 bits per heavy atom. The van der Waals surface area contributed by atoms with Crippen molar-refractivity contribution in [3.8, 4) is 0 Å². The summed E-state index contributed by atoms with van der Waals surface area (Å²) >= 11 is 1.64. The van der Waals surface area contributed by atoms with Gasteiger partial charge in [0, 0.05) is 11.4 Å². The van der Waals surface area contributed by atoms with Gasteiger partial charge in [0.15, 0.2) is 0 Å². The molecule has 0 saturated carbocycles. The van der Waals surface area contributed by atoms with Gasteiger partial charge in [-0.05, 0) is 65.2 Å². The number of rotatable bonds is 4. The van der Waals surface area contributed by atoms with E-state index in [1.165, 1.54) is 0 Å². The molecule has 1 unspecified atom stereocenters. The Morgan fingerprint density at radius 2 is 2.09 bits per heavy atom. The van der Waals surface area contributed by atoms with E-state index in [2.05, 4.69) is 21.3 Å². The number of piperidine rings is 1. The number of fused-ring (bicyclic) bond motifs is 1. The monoisotopic (exact) mass is 329 g/mol. The molecule has 1 aliphatic rings. The van der Waals surface area contributed by atoms with Crippen molar-refractivity contribution in [2.75, 3.05) is 13.1 Å². The van der Waals surface area contributed by atoms with Crippen LogP contribution in [0.5, 0.6) is 0 Å². The molecule has 1 atom stereocenters. The molecule has 0 bridgehead atoms. The summed E-state index contributed by atoms with van der Waals surface area (Å²) in [5.41, 5.74) is 2.82. The number of benzene rings is 1. The van der Waals surface area contributed by atoms with Crippen molar-refractivity contribution in [2.24, 2.45) is 5.92 Å². The fraction of sp³-hybridized carbons (Fsp3) is 0.412. The van der Waals surface area contributed by atoms with Crippen LogP contribution in [0.2, 0.25) is 0 Å². The minimum atomic E-state index is -0.319. The largest absolute Gasteiger partial charge is 0.387 e. The summed E-state index contributed by atoms with van der Waals surface area (Å²) in [6, 6.07) is 10.0. The highest BCUT2D eigenvalue weighted by Gasteiger charge is 2.27. The topological polar surface area (TPSA) is 62.4 Å². The molecule has 1 N–H and O–H groups in total. The number of thiophene rings is 1. The van der Waals surface area contributed by atoms with Crippen molar-refractivity contribution in [2.45, 2.75) is 25.5 Å². The summed E-state index contributed by atoms with van der Waals surface area (Å²) in [5.74, 6) is 0.356. The Bertz CT molecular complexity index is 763. The summed E-state index contributed by atoms with van der Waals surface area (Å²) < 4.78 is 4.83. The molecule has 3 aromatic rings. The first kappa shape index (κ1) is 14.8. The zero-order valence-corrected chi connectivity index (χ0v) is 13.6. The fourth-order valence-corrected chi connectivity index (χ4v) is 4.15. The van der Waals surface area contributed by atoms with E-state index in [0.29, 0.717) is 5.92 Å². The van der Waals surface area contributed by atoms with Crippen molar-refractivity contribution in [1.82, 2.24) is 15.2 Å². The van der Waals surface area contributed by atoms with Gasteiger partial charge in [0.05, 0.1) is 6.10 Å². The van der Waals surface area contributed by atoms with Crippen molar-refractivity contribution in [3.05, 3.63) is 46.2 Å². The van der Waals surface area contributed by atoms with Crippen LogP contribution in [-0.2, 0) is 6.54 Å². The van der Waals surface area contributed by atoms with Gasteiger partial charge in [-0.1, -0.05) is 18.2 Å². The van der Waals surface area contributed by atoms with E-state index in [4.69, 9.17) is 4.63 Å². The molecule has 1 saturated heterocycles. The van der Waals surface area contributed by atoms with E-state index in [1.807, 2.05) is 29.6 Å². The van der Waals surface area contributed by atoms with Gasteiger partial charge in [0.25, 0.3) is 0 Å². The predicted molar refractivity (Wildman–Crippen MR) is 89.1 cm³/mol. The van der Waals surface area contributed by atoms with Crippen molar-refractivity contribution in [3.63, 3.8) is 0 Å². The van der Waals surface area contributed by atoms with Gasteiger partial charge in [-0.3, -0.25) is 4.90 Å². The molecular weight excluding hydrogens is 310 g/mol. The Hall–Kier alpha value is -1.76. The average molecular weight is 329 g/mol. The Kier molecular flexibility index (Phi) is 4.11. The lowest BCUT2D eigenvalue weighted by Gasteiger charge is -2.34. The molecule has 0 spiro atoms. The first-order valence-corrected chi connectivity index (χ1v) is 8.83. The second kappa shape index (κ2) is 6.39. The molecule has 1 aromatic carbocycles. The zero-order chi connectivity index (χ0) is 15.6. The lowest BCUT2D eigenvalue weighted by Crippen LogP contribution is -2.35. The van der Waals surface area contributed by atoms with Crippen LogP contribution in [0.15, 0.2) is 40.3 Å². The van der Waals surface area contributed by atoms with Crippen LogP contribution >= 0.6 is 11.3 Å². The molecule has 23 heavy (non-hydrogen) atoms. The van der Waals surface area contributed by atoms with Crippen LogP contribution in [-0.4, -0.2) is 33.4 Å². The molecule has 120 valence electrons. The molecule has 3 heterocycles. The molecule has 0 aliphatic carbocycles. The highest BCUT2D eigenvalue weighted by molar-refractivity contribution is 7.10. The highest BCUT2D eigenvalue weighted by Crippen LogP contribution is 2.33. The lowest BCUT2D eigenvalue weighted by molar-refractivity contribution is 0.0592. The van der Waals surface area contributed by atoms with E-state index in [9.17, 15) is 5.11 Å². The molecular formula is C17H19N3O2S. The first-order valence-electron chi connectivity index (χ1n) is 7.95. The molecule has 1 fully saturated rings. The standard InChI is InChI=1S/C17H19N3O2S/c21-17(15-5-2-10-23-15)12-6-8-20(9-7-12)11-13-3-1-4-14-16(13)19-22-18-14/h1-5,10,12,17,21H,6-9,11H2. The van der Waals surface area contributed by atoms with Crippen LogP contribution < -0.4 is 0 Å². The molecule has 2 aromatic heterocycles. The molecule has 6 heteroatoms. The minimum Gasteiger partial charge on any atom is -0.387 e. The number of likely N-dealkylation sites (tertiary alicyclic amines) is 1. The van der Waals surface area contributed by atoms with Crippen LogP contribution in [0.25, 0.3) is 11.0 Å². The van der Waals surface area contributed by atoms with E-state index in [1.54, 1.807) is 11.3 Å². The minimum absolute atomic E-state index is 0.319. The first-order chi connectivity index (χ1) is 11.3. The van der Waals surface area contributed by atoms with E-state index in [-0.39, 0.29) is 6.10 Å². The number of nitrogens with zero attached hydrogens (tertiary/aromatic N) is 3. The van der Waals surface area contributed by atoms with Gasteiger partial charge in [-0.2, -0.15) is 0 Å². The number of aliphatic hydroxyl groups excluding tert-OH is 1. The molecule has 0 amide bonds. The number of hydrogen-bond acceptors (Lipinski definition) is 6. The maximum absolute atomic E-state index is 10.5. The maximum Gasteiger partial charge on any atom is 0.139 e. The predicted octanol–water partition coefficient (Wildman–Crippen LogP) is 3.23. The highest BCUT2D eigenvalue weighted by atomic mass is 32.1. The zero-order valence-electron chi connectivity index (χ0n) is 12.8. The van der Waals surface area contributed by atoms with Crippen LogP contribution in [0.1, 0.15) is 29.4 Å². The van der Waals surface area contributed by atoms with E-state index >= 15 is 0 Å². The van der Waals surface area contributed by atoms with Crippen LogP contribution in [0.3, 0.4) is 0 Å². The molecule has 5 nitrogen and oxygen atoms in total. The molecule has 0 radical (unpaired) electrons. The third-order valence-corrected chi connectivity index (χ3v) is 5.62. The maximum atomic E-state index is 10.5. The van der Waals surface area contributed by atoms with Gasteiger partial charge in [-0.25, -0.2) is 4.63 Å². The SMILES string of the molecule is OC(c1cccs1)C1CCN(Cc2cccc3nonc23)CC1. The number of aromatic nitrogens is 2. The average Bonchev–Trinajstić information content (AvgIpc) is 3.27. The van der Waals surface area contributed by atoms with Gasteiger partial charge < -0.3 is 5.11 Å². The third kappa shape index (κ3) is 3.02. The third-order valence-electron chi connectivity index (χ3n) is 4.68. The normalized spacial score (nSPS) is 18.5. The second-order valence-corrected chi connectivity index (χ2v) is 7.10. The van der Waals surface area contributed by atoms with Crippen molar-refractivity contribution in [1.29, 1.82) is 0 Å². The van der Waals surface area contributed by atoms with E-state index < -0.39 is 0 Å². The summed E-state index contributed by atoms with van der Waals surface area (Å²) in [4.78, 5) is 3.50. The number of aliphatic hydroxyl groups is 1. The van der Waals surface area contributed by atoms with Crippen LogP contribution in [0.4, 0.5) is 0 Å². The van der Waals surface area contributed by atoms with Crippen LogP contribution in [0, 0.1) is 5.92 Å². The lowest BCUT2D eigenvalue weighted by atomic mass is 9.90. The number of hydrogen-bond donors (Lipinski definition) is 1. The summed E-state index contributed by atoms with van der Waals surface area (Å²) in [6.07, 6.45) is 1.72. The quantitative estimate of drug-likeness (QED) is 0.796. The Balaban J connectivity index is 1.39. The molecule has 4 rings (SSSR count). The van der Waals surface area contributed by atoms with Crippen molar-refractivity contribution >= 4 is 22.4 Å². The second-order valence-electron chi connectivity index (χ2n) is 6.12. The summed E-state index contributed by atoms with van der Waals surface area (Å²) in [5, 5.41) is 20.4. The Morgan fingerprint density at radius 1 is 1.22 bits per heavy atom. The van der Waals surface area contributed by atoms with Crippen molar-refractivity contribution < 1.29 is 9.74 Å². The van der Waals surface area contributed by atoms with Gasteiger partial charge in [0.1, 0.15) is 11.0 Å². The van der Waals surface area contributed by atoms with Gasteiger partial charge in [-0.15, -0.1) is 11.3 Å². The fourth-order valence-electron chi connectivity index (χ4n) is 3.35. The van der Waals surface area contributed by atoms with E-state index in [0.717, 1.165) is 53.9 Å². The molecule has 1 aliphatic heterocycles. The smallest absolute Gasteiger partial charge is 0.139 e. The van der Waals surface area contributed by atoms with Gasteiger partial charge in [0.2, 0.25) is 0 Å². The summed E-state index contributed by atoms with van der Waals surface area (Å²) in [6.45, 7) is 2.84. The summed E-state index contributed by atoms with van der Waals surface area (Å²) in [7, 11) is 0. The Labute approximate surface area is 138 Å². The van der Waals surface area contributed by atoms with Gasteiger partial charge >= 0.3 is 0 Å².